The van der Waals surface area contributed by atoms with Crippen LogP contribution in [0.25, 0.3) is 55.0 Å². The minimum absolute atomic E-state index is 0.222. The van der Waals surface area contributed by atoms with Crippen molar-refractivity contribution >= 4 is 113 Å². The molecule has 0 spiro atoms. The predicted molar refractivity (Wildman–Crippen MR) is 206 cm³/mol. The van der Waals surface area contributed by atoms with Crippen LogP contribution in [0.15, 0.2) is 153 Å². The van der Waals surface area contributed by atoms with Crippen LogP contribution in [0, 0.1) is 0 Å². The maximum atomic E-state index is 2.64. The van der Waals surface area contributed by atoms with Gasteiger partial charge in [-0.1, -0.05) is 125 Å². The number of hydrogen-bond acceptors (Lipinski definition) is 2. The predicted octanol–water partition coefficient (Wildman–Crippen LogP) is 6.47. The summed E-state index contributed by atoms with van der Waals surface area (Å²) >= 11 is 3.86. The Morgan fingerprint density at radius 3 is 1.50 bits per heavy atom. The highest BCUT2D eigenvalue weighted by molar-refractivity contribution is 8.00. The van der Waals surface area contributed by atoms with Crippen LogP contribution in [-0.2, 0) is 0 Å². The molecule has 0 bridgehead atoms. The Labute approximate surface area is 285 Å². The van der Waals surface area contributed by atoms with Gasteiger partial charge in [-0.2, -0.15) is 0 Å². The highest BCUT2D eigenvalue weighted by Gasteiger charge is 2.42. The van der Waals surface area contributed by atoms with Crippen LogP contribution in [0.1, 0.15) is 0 Å². The molecule has 13 rings (SSSR count). The summed E-state index contributed by atoms with van der Waals surface area (Å²) in [4.78, 5) is 5.49. The smallest absolute Gasteiger partial charge is 0.249 e. The molecule has 4 aliphatic rings. The largest absolute Gasteiger partial charge is 0.310 e. The lowest BCUT2D eigenvalue weighted by atomic mass is 9.35. The fourth-order valence-electron chi connectivity index (χ4n) is 9.71. The lowest BCUT2D eigenvalue weighted by molar-refractivity contribution is 1.18. The summed E-state index contributed by atoms with van der Waals surface area (Å²) in [5.74, 6) is 0. The fraction of sp³-hybridized carbons (Fsp3) is 0. The van der Waals surface area contributed by atoms with Crippen LogP contribution in [-0.4, -0.2) is 22.6 Å². The van der Waals surface area contributed by atoms with Gasteiger partial charge in [0.05, 0.1) is 22.1 Å². The van der Waals surface area contributed by atoms with Gasteiger partial charge in [-0.15, -0.1) is 0 Å². The Balaban J connectivity index is 1.25. The third kappa shape index (κ3) is 2.76. The molecule has 0 N–H and O–H groups in total. The summed E-state index contributed by atoms with van der Waals surface area (Å²) in [6, 6.07) is 50.7. The van der Waals surface area contributed by atoms with Crippen molar-refractivity contribution in [3.8, 4) is 11.4 Å². The van der Waals surface area contributed by atoms with Crippen molar-refractivity contribution in [2.45, 2.75) is 19.6 Å². The molecule has 0 aliphatic carbocycles. The van der Waals surface area contributed by atoms with E-state index in [-0.39, 0.29) is 13.4 Å². The molecule has 218 valence electrons. The topological polar surface area (TPSA) is 9.86 Å². The van der Waals surface area contributed by atoms with Crippen molar-refractivity contribution in [3.63, 3.8) is 0 Å². The van der Waals surface area contributed by atoms with Crippen molar-refractivity contribution in [1.82, 2.24) is 9.13 Å². The van der Waals surface area contributed by atoms with E-state index in [1.54, 1.807) is 0 Å². The van der Waals surface area contributed by atoms with E-state index in [0.29, 0.717) is 0 Å². The Morgan fingerprint density at radius 1 is 0.375 bits per heavy atom. The van der Waals surface area contributed by atoms with Gasteiger partial charge in [-0.3, -0.25) is 0 Å². The molecular weight excluding hydrogens is 618 g/mol. The lowest BCUT2D eigenvalue weighted by Gasteiger charge is -2.32. The van der Waals surface area contributed by atoms with E-state index in [4.69, 9.17) is 0 Å². The summed E-state index contributed by atoms with van der Waals surface area (Å²) in [5, 5.41) is 5.38. The third-order valence-electron chi connectivity index (χ3n) is 11.4. The molecule has 6 heterocycles. The molecular formula is C42H22B2N2S2. The van der Waals surface area contributed by atoms with Gasteiger partial charge < -0.3 is 9.13 Å². The number of fused-ring (bicyclic) bond motifs is 17. The monoisotopic (exact) mass is 640 g/mol. The summed E-state index contributed by atoms with van der Waals surface area (Å²) in [5.41, 5.74) is 16.5. The molecule has 0 saturated heterocycles. The van der Waals surface area contributed by atoms with Crippen LogP contribution in [0.2, 0.25) is 0 Å². The Hall–Kier alpha value is -5.03. The average molecular weight is 640 g/mol. The number of aromatic nitrogens is 2. The van der Waals surface area contributed by atoms with Crippen LogP contribution < -0.4 is 32.8 Å². The van der Waals surface area contributed by atoms with E-state index < -0.39 is 0 Å². The van der Waals surface area contributed by atoms with Gasteiger partial charge in [0.1, 0.15) is 0 Å². The molecule has 0 atom stereocenters. The molecule has 0 fully saturated rings. The standard InChI is InChI=1S/C42H22B2N2S2/c1-5-13-30-26(9-1)43-28-11-3-7-15-33(28)48-36-22-19-25-37-32(45(30)42(25)39(36)43)20-17-23-24-18-21-35-38-41(24)46(40(23)37)31-14-6-2-10-27(31)44(38)29-12-4-8-16-34(29)47-35/h1-22H. The molecule has 0 amide bonds. The molecule has 6 heteroatoms. The fourth-order valence-corrected chi connectivity index (χ4v) is 12.0. The molecule has 2 nitrogen and oxygen atoms in total. The van der Waals surface area contributed by atoms with Gasteiger partial charge >= 0.3 is 0 Å². The third-order valence-corrected chi connectivity index (χ3v) is 13.8. The van der Waals surface area contributed by atoms with Crippen molar-refractivity contribution in [2.24, 2.45) is 0 Å². The summed E-state index contributed by atoms with van der Waals surface area (Å²) in [6.45, 7) is 0.449. The lowest BCUT2D eigenvalue weighted by Crippen LogP contribution is -2.58. The van der Waals surface area contributed by atoms with Crippen LogP contribution in [0.3, 0.4) is 0 Å². The van der Waals surface area contributed by atoms with E-state index in [2.05, 4.69) is 143 Å². The maximum absolute atomic E-state index is 2.64. The van der Waals surface area contributed by atoms with Gasteiger partial charge in [0.2, 0.25) is 13.4 Å². The normalized spacial score (nSPS) is 14.4. The summed E-state index contributed by atoms with van der Waals surface area (Å²) in [7, 11) is 0. The van der Waals surface area contributed by atoms with E-state index in [9.17, 15) is 0 Å². The van der Waals surface area contributed by atoms with E-state index in [1.807, 2.05) is 23.5 Å². The van der Waals surface area contributed by atoms with Crippen molar-refractivity contribution in [3.05, 3.63) is 133 Å². The highest BCUT2D eigenvalue weighted by Crippen LogP contribution is 2.46. The first-order valence-corrected chi connectivity index (χ1v) is 18.3. The number of hydrogen-bond donors (Lipinski definition) is 0. The van der Waals surface area contributed by atoms with E-state index >= 15 is 0 Å². The number of para-hydroxylation sites is 2. The number of benzene rings is 7. The molecule has 7 aromatic carbocycles. The van der Waals surface area contributed by atoms with Crippen molar-refractivity contribution in [1.29, 1.82) is 0 Å². The van der Waals surface area contributed by atoms with Crippen LogP contribution in [0.5, 0.6) is 0 Å². The van der Waals surface area contributed by atoms with Gasteiger partial charge in [-0.25, -0.2) is 0 Å². The zero-order valence-corrected chi connectivity index (χ0v) is 27.2. The maximum Gasteiger partial charge on any atom is 0.249 e. The molecule has 4 aliphatic heterocycles. The molecule has 0 radical (unpaired) electrons. The molecule has 0 saturated carbocycles. The van der Waals surface area contributed by atoms with E-state index in [0.717, 1.165) is 0 Å². The Morgan fingerprint density at radius 2 is 0.854 bits per heavy atom. The van der Waals surface area contributed by atoms with Gasteiger partial charge in [-0.05, 0) is 64.3 Å². The quantitative estimate of drug-likeness (QED) is 0.176. The second-order valence-electron chi connectivity index (χ2n) is 13.5. The zero-order valence-electron chi connectivity index (χ0n) is 25.6. The summed E-state index contributed by atoms with van der Waals surface area (Å²) in [6.07, 6.45) is 0. The van der Waals surface area contributed by atoms with Crippen molar-refractivity contribution in [2.75, 3.05) is 0 Å². The van der Waals surface area contributed by atoms with E-state index in [1.165, 1.54) is 107 Å². The van der Waals surface area contributed by atoms with Crippen LogP contribution in [0.4, 0.5) is 0 Å². The minimum Gasteiger partial charge on any atom is -0.310 e. The minimum atomic E-state index is 0.222. The number of rotatable bonds is 0. The molecule has 9 aromatic rings. The van der Waals surface area contributed by atoms with Crippen LogP contribution >= 0.6 is 23.5 Å². The first-order valence-electron chi connectivity index (χ1n) is 16.7. The first kappa shape index (κ1) is 25.0. The van der Waals surface area contributed by atoms with Gasteiger partial charge in [0.15, 0.2) is 0 Å². The molecule has 48 heavy (non-hydrogen) atoms. The zero-order chi connectivity index (χ0) is 30.8. The number of nitrogens with zero attached hydrogens (tertiary/aromatic N) is 2. The SMILES string of the molecule is c1ccc2c(c1)Sc1ccc3c4c(ccc5c6ccc7c8c6n(c54)-c4ccccc4B8c4ccccc4S7)n4c3c1B2c1ccccc1-4. The second-order valence-corrected chi connectivity index (χ2v) is 15.7. The highest BCUT2D eigenvalue weighted by atomic mass is 32.2. The average Bonchev–Trinajstić information content (AvgIpc) is 3.67. The Kier molecular flexibility index (Phi) is 4.44. The molecule has 2 aromatic heterocycles. The summed E-state index contributed by atoms with van der Waals surface area (Å²) < 4.78 is 5.23. The van der Waals surface area contributed by atoms with Crippen molar-refractivity contribution < 1.29 is 0 Å². The van der Waals surface area contributed by atoms with Gasteiger partial charge in [0.25, 0.3) is 0 Å². The van der Waals surface area contributed by atoms with Gasteiger partial charge in [0, 0.05) is 52.5 Å². The second kappa shape index (κ2) is 8.51. The molecule has 0 unspecified atom stereocenters. The Bertz CT molecular complexity index is 2990. The first-order chi connectivity index (χ1) is 23.8.